The van der Waals surface area contributed by atoms with Crippen LogP contribution in [0.4, 0.5) is 0 Å². The highest BCUT2D eigenvalue weighted by Crippen LogP contribution is 2.48. The van der Waals surface area contributed by atoms with E-state index in [9.17, 15) is 0 Å². The highest BCUT2D eigenvalue weighted by molar-refractivity contribution is 7.25. The van der Waals surface area contributed by atoms with Crippen LogP contribution in [0.2, 0.25) is 0 Å². The molecule has 0 aliphatic rings. The Labute approximate surface area is 231 Å². The fourth-order valence-electron chi connectivity index (χ4n) is 6.26. The zero-order valence-corrected chi connectivity index (χ0v) is 22.1. The Balaban J connectivity index is 1.54. The molecular formula is C38H24S. The van der Waals surface area contributed by atoms with Crippen LogP contribution in [0.3, 0.4) is 0 Å². The number of hydrogen-bond acceptors (Lipinski definition) is 1. The van der Waals surface area contributed by atoms with Crippen molar-refractivity contribution in [3.63, 3.8) is 0 Å². The molecule has 0 aliphatic carbocycles. The van der Waals surface area contributed by atoms with Crippen LogP contribution in [0.15, 0.2) is 146 Å². The summed E-state index contributed by atoms with van der Waals surface area (Å²) >= 11 is 1.88. The van der Waals surface area contributed by atoms with Crippen LogP contribution in [0.5, 0.6) is 0 Å². The van der Waals surface area contributed by atoms with Gasteiger partial charge in [-0.2, -0.15) is 0 Å². The average molecular weight is 513 g/mol. The van der Waals surface area contributed by atoms with E-state index in [-0.39, 0.29) is 0 Å². The van der Waals surface area contributed by atoms with Crippen LogP contribution in [0.25, 0.3) is 75.1 Å². The van der Waals surface area contributed by atoms with Crippen LogP contribution in [0.1, 0.15) is 0 Å². The zero-order valence-electron chi connectivity index (χ0n) is 21.3. The number of rotatable bonds is 3. The zero-order chi connectivity index (χ0) is 25.8. The van der Waals surface area contributed by atoms with E-state index in [0.29, 0.717) is 0 Å². The maximum absolute atomic E-state index is 2.31. The molecule has 0 radical (unpaired) electrons. The summed E-state index contributed by atoms with van der Waals surface area (Å²) in [5, 5.41) is 7.83. The van der Waals surface area contributed by atoms with Gasteiger partial charge < -0.3 is 0 Å². The Hall–Kier alpha value is -4.72. The van der Waals surface area contributed by atoms with E-state index in [2.05, 4.69) is 146 Å². The third-order valence-electron chi connectivity index (χ3n) is 7.88. The smallest absolute Gasteiger partial charge is 0.0361 e. The molecule has 0 N–H and O–H groups in total. The minimum Gasteiger partial charge on any atom is -0.135 e. The number of benzene rings is 7. The van der Waals surface area contributed by atoms with Gasteiger partial charge in [0.15, 0.2) is 0 Å². The van der Waals surface area contributed by atoms with Crippen molar-refractivity contribution in [2.75, 3.05) is 0 Å². The SMILES string of the molecule is c1ccc(-c2ccccc2-c2c3ccccc3c(-c3cccc4sc5ccccc5c34)c3ccccc23)cc1. The maximum atomic E-state index is 2.31. The molecule has 0 saturated heterocycles. The summed E-state index contributed by atoms with van der Waals surface area (Å²) in [6.45, 7) is 0. The van der Waals surface area contributed by atoms with Crippen LogP contribution in [-0.4, -0.2) is 0 Å². The fourth-order valence-corrected chi connectivity index (χ4v) is 7.39. The van der Waals surface area contributed by atoms with Gasteiger partial charge in [-0.25, -0.2) is 0 Å². The highest BCUT2D eigenvalue weighted by atomic mass is 32.1. The number of thiophene rings is 1. The Morgan fingerprint density at radius 3 is 1.44 bits per heavy atom. The average Bonchev–Trinajstić information content (AvgIpc) is 3.39. The molecule has 7 aromatic carbocycles. The van der Waals surface area contributed by atoms with Crippen molar-refractivity contribution in [2.45, 2.75) is 0 Å². The minimum atomic E-state index is 1.24. The van der Waals surface area contributed by atoms with Crippen molar-refractivity contribution < 1.29 is 0 Å². The van der Waals surface area contributed by atoms with Crippen LogP contribution >= 0.6 is 11.3 Å². The predicted molar refractivity (Wildman–Crippen MR) is 171 cm³/mol. The molecule has 8 rings (SSSR count). The van der Waals surface area contributed by atoms with Gasteiger partial charge in [0.2, 0.25) is 0 Å². The van der Waals surface area contributed by atoms with E-state index in [1.54, 1.807) is 0 Å². The van der Waals surface area contributed by atoms with Gasteiger partial charge in [-0.15, -0.1) is 11.3 Å². The molecule has 39 heavy (non-hydrogen) atoms. The summed E-state index contributed by atoms with van der Waals surface area (Å²) in [5.74, 6) is 0. The van der Waals surface area contributed by atoms with Gasteiger partial charge in [-0.1, -0.05) is 133 Å². The Morgan fingerprint density at radius 2 is 0.769 bits per heavy atom. The van der Waals surface area contributed by atoms with E-state index in [1.807, 2.05) is 11.3 Å². The van der Waals surface area contributed by atoms with Gasteiger partial charge in [0.1, 0.15) is 0 Å². The lowest BCUT2D eigenvalue weighted by Crippen LogP contribution is -1.93. The summed E-state index contributed by atoms with van der Waals surface area (Å²) in [5.41, 5.74) is 7.68. The molecular weight excluding hydrogens is 488 g/mol. The first-order valence-electron chi connectivity index (χ1n) is 13.4. The summed E-state index contributed by atoms with van der Waals surface area (Å²) in [7, 11) is 0. The maximum Gasteiger partial charge on any atom is 0.0361 e. The third kappa shape index (κ3) is 3.44. The number of fused-ring (bicyclic) bond motifs is 5. The Bertz CT molecular complexity index is 2110. The molecule has 0 nitrogen and oxygen atoms in total. The van der Waals surface area contributed by atoms with Crippen molar-refractivity contribution >= 4 is 53.1 Å². The minimum absolute atomic E-state index is 1.24. The van der Waals surface area contributed by atoms with E-state index >= 15 is 0 Å². The van der Waals surface area contributed by atoms with E-state index < -0.39 is 0 Å². The molecule has 8 aromatic rings. The molecule has 182 valence electrons. The second-order valence-corrected chi connectivity index (χ2v) is 11.1. The normalized spacial score (nSPS) is 11.6. The third-order valence-corrected chi connectivity index (χ3v) is 9.02. The van der Waals surface area contributed by atoms with Gasteiger partial charge in [-0.3, -0.25) is 0 Å². The van der Waals surface area contributed by atoms with Crippen LogP contribution in [0, 0.1) is 0 Å². The molecule has 1 aromatic heterocycles. The second-order valence-electron chi connectivity index (χ2n) is 10.0. The molecule has 1 heteroatoms. The lowest BCUT2D eigenvalue weighted by atomic mass is 9.83. The Morgan fingerprint density at radius 1 is 0.308 bits per heavy atom. The first-order chi connectivity index (χ1) is 19.4. The molecule has 0 spiro atoms. The first-order valence-corrected chi connectivity index (χ1v) is 14.2. The first kappa shape index (κ1) is 22.3. The molecule has 0 atom stereocenters. The second kappa shape index (κ2) is 8.94. The topological polar surface area (TPSA) is 0 Å². The van der Waals surface area contributed by atoms with Gasteiger partial charge in [0, 0.05) is 20.2 Å². The van der Waals surface area contributed by atoms with Gasteiger partial charge in [0.05, 0.1) is 0 Å². The summed E-state index contributed by atoms with van der Waals surface area (Å²) in [4.78, 5) is 0. The number of hydrogen-bond donors (Lipinski definition) is 0. The van der Waals surface area contributed by atoms with Crippen molar-refractivity contribution in [2.24, 2.45) is 0 Å². The summed E-state index contributed by atoms with van der Waals surface area (Å²) in [6.07, 6.45) is 0. The lowest BCUT2D eigenvalue weighted by molar-refractivity contribution is 1.61. The largest absolute Gasteiger partial charge is 0.135 e. The molecule has 0 fully saturated rings. The van der Waals surface area contributed by atoms with Crippen LogP contribution < -0.4 is 0 Å². The summed E-state index contributed by atoms with van der Waals surface area (Å²) < 4.78 is 2.67. The standard InChI is InChI=1S/C38H24S/c1-2-13-25(14-3-1)26-15-4-5-16-27(26)36-28-17-6-8-19-30(28)37(31-20-9-7-18-29(31)36)33-22-12-24-35-38(33)32-21-10-11-23-34(32)39-35/h1-24H. The summed E-state index contributed by atoms with van der Waals surface area (Å²) in [6, 6.07) is 53.1. The van der Waals surface area contributed by atoms with E-state index in [0.717, 1.165) is 0 Å². The molecule has 0 unspecified atom stereocenters. The fraction of sp³-hybridized carbons (Fsp3) is 0. The molecule has 0 amide bonds. The predicted octanol–water partition coefficient (Wildman–Crippen LogP) is 11.4. The van der Waals surface area contributed by atoms with Crippen molar-refractivity contribution in [3.8, 4) is 33.4 Å². The molecule has 0 bridgehead atoms. The Kier molecular flexibility index (Phi) is 5.11. The van der Waals surface area contributed by atoms with Crippen molar-refractivity contribution in [1.82, 2.24) is 0 Å². The van der Waals surface area contributed by atoms with Gasteiger partial charge >= 0.3 is 0 Å². The lowest BCUT2D eigenvalue weighted by Gasteiger charge is -2.20. The monoisotopic (exact) mass is 512 g/mol. The molecule has 1 heterocycles. The highest BCUT2D eigenvalue weighted by Gasteiger charge is 2.20. The quantitative estimate of drug-likeness (QED) is 0.207. The van der Waals surface area contributed by atoms with Crippen molar-refractivity contribution in [1.29, 1.82) is 0 Å². The molecule has 0 saturated carbocycles. The van der Waals surface area contributed by atoms with E-state index in [1.165, 1.54) is 75.1 Å². The van der Waals surface area contributed by atoms with Gasteiger partial charge in [-0.05, 0) is 67.1 Å². The van der Waals surface area contributed by atoms with Crippen LogP contribution in [-0.2, 0) is 0 Å². The van der Waals surface area contributed by atoms with Crippen molar-refractivity contribution in [3.05, 3.63) is 146 Å². The van der Waals surface area contributed by atoms with Gasteiger partial charge in [0.25, 0.3) is 0 Å². The van der Waals surface area contributed by atoms with E-state index in [4.69, 9.17) is 0 Å². The molecule has 0 aliphatic heterocycles.